The molecular weight excluding hydrogens is 264 g/mol. The van der Waals surface area contributed by atoms with Crippen molar-refractivity contribution in [2.24, 2.45) is 0 Å². The minimum atomic E-state index is -1.09. The molecular formula is C15H11F2NO2. The molecule has 0 saturated heterocycles. The minimum absolute atomic E-state index is 0.108. The summed E-state index contributed by atoms with van der Waals surface area (Å²) in [5.74, 6) is -2.65. The highest BCUT2D eigenvalue weighted by molar-refractivity contribution is 6.04. The largest absolute Gasteiger partial charge is 0.478 e. The van der Waals surface area contributed by atoms with Crippen LogP contribution in [0.25, 0.3) is 10.9 Å². The van der Waals surface area contributed by atoms with E-state index in [0.717, 1.165) is 42.7 Å². The molecule has 2 aliphatic rings. The SMILES string of the molecule is O=C(O)c1c2c(nc3cc(F)c(F)cc13)C1CCC2C1. The van der Waals surface area contributed by atoms with E-state index in [2.05, 4.69) is 4.98 Å². The van der Waals surface area contributed by atoms with Crippen LogP contribution in [0.2, 0.25) is 0 Å². The van der Waals surface area contributed by atoms with Gasteiger partial charge in [-0.05, 0) is 36.8 Å². The van der Waals surface area contributed by atoms with Crippen molar-refractivity contribution in [3.63, 3.8) is 0 Å². The summed E-state index contributed by atoms with van der Waals surface area (Å²) in [7, 11) is 0. The zero-order valence-corrected chi connectivity index (χ0v) is 10.5. The Morgan fingerprint density at radius 2 is 1.90 bits per heavy atom. The van der Waals surface area contributed by atoms with Crippen LogP contribution in [0.15, 0.2) is 12.1 Å². The number of aromatic carboxylic acids is 1. The van der Waals surface area contributed by atoms with Crippen LogP contribution < -0.4 is 0 Å². The van der Waals surface area contributed by atoms with E-state index in [1.807, 2.05) is 0 Å². The molecule has 1 aromatic carbocycles. The van der Waals surface area contributed by atoms with Crippen LogP contribution in [-0.2, 0) is 0 Å². The Balaban J connectivity index is 2.15. The Labute approximate surface area is 113 Å². The molecule has 20 heavy (non-hydrogen) atoms. The second-order valence-electron chi connectivity index (χ2n) is 5.58. The molecule has 2 aromatic rings. The Kier molecular flexibility index (Phi) is 2.20. The average molecular weight is 275 g/mol. The maximum Gasteiger partial charge on any atom is 0.336 e. The molecule has 1 N–H and O–H groups in total. The molecule has 2 bridgehead atoms. The molecule has 2 aliphatic carbocycles. The predicted molar refractivity (Wildman–Crippen MR) is 68.0 cm³/mol. The number of hydrogen-bond donors (Lipinski definition) is 1. The summed E-state index contributed by atoms with van der Waals surface area (Å²) in [6.07, 6.45) is 2.86. The van der Waals surface area contributed by atoms with E-state index in [9.17, 15) is 18.7 Å². The van der Waals surface area contributed by atoms with Crippen LogP contribution in [0.5, 0.6) is 0 Å². The van der Waals surface area contributed by atoms with Crippen molar-refractivity contribution >= 4 is 16.9 Å². The number of hydrogen-bond acceptors (Lipinski definition) is 2. The summed E-state index contributed by atoms with van der Waals surface area (Å²) >= 11 is 0. The van der Waals surface area contributed by atoms with Crippen molar-refractivity contribution in [2.45, 2.75) is 31.1 Å². The van der Waals surface area contributed by atoms with E-state index >= 15 is 0 Å². The molecule has 2 unspecified atom stereocenters. The van der Waals surface area contributed by atoms with Crippen LogP contribution >= 0.6 is 0 Å². The van der Waals surface area contributed by atoms with Crippen molar-refractivity contribution in [1.29, 1.82) is 0 Å². The molecule has 0 radical (unpaired) electrons. The first-order chi connectivity index (χ1) is 9.56. The molecule has 0 spiro atoms. The number of nitrogens with zero attached hydrogens (tertiary/aromatic N) is 1. The van der Waals surface area contributed by atoms with Crippen LogP contribution in [0, 0.1) is 11.6 Å². The summed E-state index contributed by atoms with van der Waals surface area (Å²) < 4.78 is 26.8. The molecule has 4 rings (SSSR count). The number of carbonyl (C=O) groups is 1. The monoisotopic (exact) mass is 275 g/mol. The van der Waals surface area contributed by atoms with Crippen LogP contribution in [0.4, 0.5) is 8.78 Å². The number of rotatable bonds is 1. The maximum atomic E-state index is 13.4. The molecule has 0 amide bonds. The Morgan fingerprint density at radius 3 is 2.65 bits per heavy atom. The molecule has 0 aliphatic heterocycles. The summed E-state index contributed by atoms with van der Waals surface area (Å²) in [6.45, 7) is 0. The fourth-order valence-electron chi connectivity index (χ4n) is 3.74. The van der Waals surface area contributed by atoms with Crippen LogP contribution in [0.3, 0.4) is 0 Å². The number of carboxylic acids is 1. The Hall–Kier alpha value is -2.04. The fourth-order valence-corrected chi connectivity index (χ4v) is 3.74. The third-order valence-electron chi connectivity index (χ3n) is 4.54. The van der Waals surface area contributed by atoms with E-state index in [4.69, 9.17) is 0 Å². The number of carboxylic acid groups (broad SMARTS) is 1. The lowest BCUT2D eigenvalue weighted by atomic mass is 9.89. The topological polar surface area (TPSA) is 50.2 Å². The lowest BCUT2D eigenvalue weighted by molar-refractivity contribution is 0.0697. The summed E-state index contributed by atoms with van der Waals surface area (Å²) in [6, 6.07) is 1.94. The van der Waals surface area contributed by atoms with Gasteiger partial charge in [0, 0.05) is 23.1 Å². The van der Waals surface area contributed by atoms with Gasteiger partial charge in [-0.1, -0.05) is 0 Å². The van der Waals surface area contributed by atoms with Gasteiger partial charge in [-0.25, -0.2) is 13.6 Å². The number of benzene rings is 1. The first kappa shape index (κ1) is 11.8. The van der Waals surface area contributed by atoms with Gasteiger partial charge in [-0.2, -0.15) is 0 Å². The zero-order valence-electron chi connectivity index (χ0n) is 10.5. The van der Waals surface area contributed by atoms with Crippen LogP contribution in [0.1, 0.15) is 52.7 Å². The molecule has 1 heterocycles. The Bertz CT molecular complexity index is 772. The van der Waals surface area contributed by atoms with Gasteiger partial charge in [0.05, 0.1) is 11.1 Å². The average Bonchev–Trinajstić information content (AvgIpc) is 2.98. The van der Waals surface area contributed by atoms with Gasteiger partial charge in [0.25, 0.3) is 0 Å². The second kappa shape index (κ2) is 3.75. The zero-order chi connectivity index (χ0) is 14.0. The summed E-state index contributed by atoms with van der Waals surface area (Å²) in [5.41, 5.74) is 1.85. The predicted octanol–water partition coefficient (Wildman–Crippen LogP) is 3.58. The van der Waals surface area contributed by atoms with E-state index < -0.39 is 17.6 Å². The molecule has 1 aromatic heterocycles. The van der Waals surface area contributed by atoms with E-state index in [0.29, 0.717) is 0 Å². The van der Waals surface area contributed by atoms with Crippen molar-refractivity contribution in [3.05, 3.63) is 40.6 Å². The molecule has 1 saturated carbocycles. The van der Waals surface area contributed by atoms with Crippen LogP contribution in [-0.4, -0.2) is 16.1 Å². The number of fused-ring (bicyclic) bond motifs is 6. The van der Waals surface area contributed by atoms with E-state index in [1.54, 1.807) is 0 Å². The highest BCUT2D eigenvalue weighted by atomic mass is 19.2. The molecule has 1 fully saturated rings. The maximum absolute atomic E-state index is 13.4. The normalized spacial score (nSPS) is 23.3. The third-order valence-corrected chi connectivity index (χ3v) is 4.54. The molecule has 5 heteroatoms. The smallest absolute Gasteiger partial charge is 0.336 e. The van der Waals surface area contributed by atoms with Gasteiger partial charge in [0.15, 0.2) is 11.6 Å². The summed E-state index contributed by atoms with van der Waals surface area (Å²) in [4.78, 5) is 16.0. The van der Waals surface area contributed by atoms with Gasteiger partial charge < -0.3 is 5.11 Å². The van der Waals surface area contributed by atoms with E-state index in [-0.39, 0.29) is 28.3 Å². The number of pyridine rings is 1. The van der Waals surface area contributed by atoms with Gasteiger partial charge in [0.2, 0.25) is 0 Å². The van der Waals surface area contributed by atoms with Crippen molar-refractivity contribution in [1.82, 2.24) is 4.98 Å². The molecule has 2 atom stereocenters. The van der Waals surface area contributed by atoms with E-state index in [1.165, 1.54) is 0 Å². The van der Waals surface area contributed by atoms with Gasteiger partial charge in [0.1, 0.15) is 0 Å². The molecule has 3 nitrogen and oxygen atoms in total. The summed E-state index contributed by atoms with van der Waals surface area (Å²) in [5, 5.41) is 9.69. The molecule has 102 valence electrons. The minimum Gasteiger partial charge on any atom is -0.478 e. The van der Waals surface area contributed by atoms with Crippen molar-refractivity contribution in [2.75, 3.05) is 0 Å². The lowest BCUT2D eigenvalue weighted by Gasteiger charge is -2.18. The number of halogens is 2. The Morgan fingerprint density at radius 1 is 1.20 bits per heavy atom. The fraction of sp³-hybridized carbons (Fsp3) is 0.333. The third kappa shape index (κ3) is 1.38. The quantitative estimate of drug-likeness (QED) is 0.865. The highest BCUT2D eigenvalue weighted by Gasteiger charge is 2.41. The second-order valence-corrected chi connectivity index (χ2v) is 5.58. The van der Waals surface area contributed by atoms with Gasteiger partial charge >= 0.3 is 5.97 Å². The lowest BCUT2D eigenvalue weighted by Crippen LogP contribution is -2.11. The first-order valence-electron chi connectivity index (χ1n) is 6.62. The standard InChI is InChI=1S/C15H11F2NO2/c16-9-4-8-11(5-10(9)17)18-14-7-2-1-6(3-7)12(14)13(8)15(19)20/h4-7H,1-3H2,(H,19,20). The number of aromatic nitrogens is 1. The van der Waals surface area contributed by atoms with Crippen molar-refractivity contribution in [3.8, 4) is 0 Å². The van der Waals surface area contributed by atoms with Gasteiger partial charge in [-0.3, -0.25) is 4.98 Å². The first-order valence-corrected chi connectivity index (χ1v) is 6.62. The van der Waals surface area contributed by atoms with Gasteiger partial charge in [-0.15, -0.1) is 0 Å². The van der Waals surface area contributed by atoms with Crippen molar-refractivity contribution < 1.29 is 18.7 Å². The highest BCUT2D eigenvalue weighted by Crippen LogP contribution is 2.54.